The van der Waals surface area contributed by atoms with E-state index < -0.39 is 0 Å². The maximum absolute atomic E-state index is 11.1. The van der Waals surface area contributed by atoms with Gasteiger partial charge in [-0.3, -0.25) is 0 Å². The van der Waals surface area contributed by atoms with Crippen molar-refractivity contribution in [1.82, 2.24) is 14.1 Å². The van der Waals surface area contributed by atoms with Crippen LogP contribution < -0.4 is 0 Å². The van der Waals surface area contributed by atoms with Gasteiger partial charge in [0.2, 0.25) is 11.4 Å². The maximum atomic E-state index is 11.1. The number of nitriles is 2. The van der Waals surface area contributed by atoms with Gasteiger partial charge >= 0.3 is 0 Å². The smallest absolute Gasteiger partial charge is 0.212 e. The number of benzene rings is 14. The third-order valence-corrected chi connectivity index (χ3v) is 19.5. The minimum absolute atomic E-state index is 0.256. The largest absolute Gasteiger partial charge is 0.354 e. The number of rotatable bonds is 2. The Labute approximate surface area is 530 Å². The van der Waals surface area contributed by atoms with E-state index in [0.717, 1.165) is 54.4 Å². The summed E-state index contributed by atoms with van der Waals surface area (Å²) in [5, 5.41) is 34.7. The van der Waals surface area contributed by atoms with Gasteiger partial charge in [-0.2, -0.15) is 10.5 Å². The lowest BCUT2D eigenvalue weighted by Gasteiger charge is -2.17. The van der Waals surface area contributed by atoms with E-state index in [0.29, 0.717) is 22.6 Å². The normalized spacial score (nSPS) is 11.8. The molecule has 14 aromatic carbocycles. The van der Waals surface area contributed by atoms with E-state index in [2.05, 4.69) is 248 Å². The number of aromatic nitrogens is 3. The highest BCUT2D eigenvalue weighted by molar-refractivity contribution is 6.36. The zero-order chi connectivity index (χ0) is 60.9. The minimum Gasteiger partial charge on any atom is -0.354 e. The van der Waals surface area contributed by atoms with Crippen molar-refractivity contribution in [3.63, 3.8) is 0 Å². The summed E-state index contributed by atoms with van der Waals surface area (Å²) in [6, 6.07) is 89.4. The van der Waals surface area contributed by atoms with E-state index in [1.807, 2.05) is 18.2 Å². The predicted octanol–water partition coefficient (Wildman–Crippen LogP) is 23.4. The zero-order valence-electron chi connectivity index (χ0n) is 48.0. The average molecular weight is 1200 g/mol. The number of H-pyrrole nitrogens is 1. The fourth-order valence-electron chi connectivity index (χ4n) is 15.1. The molecular weight excluding hydrogens is 1150 g/mol. The highest BCUT2D eigenvalue weighted by Gasteiger charge is 2.30. The van der Waals surface area contributed by atoms with Crippen LogP contribution in [0, 0.1) is 35.8 Å². The van der Waals surface area contributed by atoms with Crippen molar-refractivity contribution in [1.29, 1.82) is 10.5 Å². The van der Waals surface area contributed by atoms with Gasteiger partial charge in [0.15, 0.2) is 0 Å². The molecule has 0 atom stereocenters. The summed E-state index contributed by atoms with van der Waals surface area (Å²) >= 11 is 11.3. The van der Waals surface area contributed by atoms with Crippen LogP contribution in [0.1, 0.15) is 11.1 Å². The molecule has 9 heteroatoms. The molecule has 0 radical (unpaired) electrons. The van der Waals surface area contributed by atoms with E-state index in [4.69, 9.17) is 41.6 Å². The molecule has 3 aliphatic carbocycles. The standard InChI is InChI=1S/C52H26N4.C22H13N.C8H2Cl2N2/c1-54-44-27-47(55-45-22-8-6-16-34(45)42-25-40-32-14-4-2-12-30(32)36-18-10-20-38(49(36)40)51(42)55)29(28-53)24-48(44)56-46-23-9-7-17-35(46)43-26-41-33-15-5-3-13-31(33)37-19-11-21-39(50(37)41)52(43)56;1-2-7-14-13(6-1)16-9-5-10-17-21(16)18(14)12-19-15-8-3-4-11-20(15)23-22(17)19;1-12-8-3-6(9)5(4-11)2-7(8)10/h2-27H;1-12,23H;2-3H. The predicted molar refractivity (Wildman–Crippen MR) is 375 cm³/mol. The van der Waals surface area contributed by atoms with E-state index in [-0.39, 0.29) is 21.3 Å². The molecule has 0 fully saturated rings. The summed E-state index contributed by atoms with van der Waals surface area (Å²) in [6.45, 7) is 15.4. The molecule has 0 spiro atoms. The molecule has 0 unspecified atom stereocenters. The van der Waals surface area contributed by atoms with Gasteiger partial charge < -0.3 is 14.1 Å². The molecule has 7 nitrogen and oxygen atoms in total. The second-order valence-electron chi connectivity index (χ2n) is 23.3. The molecule has 0 saturated carbocycles. The van der Waals surface area contributed by atoms with Gasteiger partial charge in [-0.05, 0) is 144 Å². The molecular formula is C82H41Cl2N7. The number of para-hydroxylation sites is 3. The van der Waals surface area contributed by atoms with Crippen molar-refractivity contribution >= 4 is 132 Å². The zero-order valence-corrected chi connectivity index (χ0v) is 49.5. The van der Waals surface area contributed by atoms with Gasteiger partial charge in [0.25, 0.3) is 0 Å². The summed E-state index contributed by atoms with van der Waals surface area (Å²) in [5.74, 6) is 0. The number of halogens is 2. The van der Waals surface area contributed by atoms with Crippen LogP contribution in [-0.4, -0.2) is 14.1 Å². The minimum atomic E-state index is 0.256. The Kier molecular flexibility index (Phi) is 11.2. The number of aromatic amines is 1. The van der Waals surface area contributed by atoms with Crippen LogP contribution in [0.4, 0.5) is 11.4 Å². The first-order chi connectivity index (χ1) is 44.8. The van der Waals surface area contributed by atoms with E-state index in [1.54, 1.807) is 0 Å². The Morgan fingerprint density at radius 3 is 1.24 bits per heavy atom. The van der Waals surface area contributed by atoms with E-state index in [1.165, 1.54) is 122 Å². The topological polar surface area (TPSA) is 81.9 Å². The van der Waals surface area contributed by atoms with Crippen LogP contribution in [0.3, 0.4) is 0 Å². The van der Waals surface area contributed by atoms with Crippen LogP contribution in [0.2, 0.25) is 10.0 Å². The molecule has 3 heterocycles. The molecule has 0 aliphatic heterocycles. The summed E-state index contributed by atoms with van der Waals surface area (Å²) in [4.78, 5) is 11.0. The van der Waals surface area contributed by atoms with Crippen molar-refractivity contribution < 1.29 is 0 Å². The molecule has 20 rings (SSSR count). The van der Waals surface area contributed by atoms with Gasteiger partial charge in [-0.15, -0.1) is 0 Å². The van der Waals surface area contributed by atoms with Gasteiger partial charge in [-0.25, -0.2) is 9.69 Å². The third kappa shape index (κ3) is 7.28. The van der Waals surface area contributed by atoms with Crippen molar-refractivity contribution in [2.24, 2.45) is 0 Å². The average Bonchev–Trinajstić information content (AvgIpc) is 1.57. The van der Waals surface area contributed by atoms with Crippen LogP contribution in [-0.2, 0) is 0 Å². The number of nitrogens with one attached hydrogen (secondary N) is 1. The van der Waals surface area contributed by atoms with Crippen LogP contribution in [0.25, 0.3) is 186 Å². The van der Waals surface area contributed by atoms with E-state index >= 15 is 0 Å². The second-order valence-corrected chi connectivity index (χ2v) is 24.1. The Bertz CT molecular complexity index is 6080. The first-order valence-corrected chi connectivity index (χ1v) is 30.6. The SMILES string of the molecule is [C-]#[N+]c1cc(-n2c3ccccc3c3cc4c5c(cccc5c32)-c2ccccc2-4)c(C#N)cc1-n1c2ccccc2c2cc3c4c(cccc4c21)-c1ccccc1-3.[C-]#[N+]c1cc(Cl)c(C#N)cc1Cl.c1ccc2c(c1)-c1cccc3c1c-2cc1c2ccccc2[nH]c31. The molecule has 3 aromatic heterocycles. The fraction of sp³-hybridized carbons (Fsp3) is 0. The monoisotopic (exact) mass is 1190 g/mol. The van der Waals surface area contributed by atoms with Gasteiger partial charge in [0.1, 0.15) is 12.1 Å². The van der Waals surface area contributed by atoms with Crippen molar-refractivity contribution in [3.05, 3.63) is 287 Å². The highest BCUT2D eigenvalue weighted by Crippen LogP contribution is 2.55. The Morgan fingerprint density at radius 2 is 0.736 bits per heavy atom. The lowest BCUT2D eigenvalue weighted by Crippen LogP contribution is -2.02. The lowest BCUT2D eigenvalue weighted by atomic mass is 9.99. The number of hydrogen-bond donors (Lipinski definition) is 1. The quantitative estimate of drug-likeness (QED) is 0.175. The molecule has 17 aromatic rings. The molecule has 0 amide bonds. The number of hydrogen-bond acceptors (Lipinski definition) is 2. The summed E-state index contributed by atoms with van der Waals surface area (Å²) < 4.78 is 4.46. The first kappa shape index (κ1) is 52.0. The van der Waals surface area contributed by atoms with Crippen LogP contribution in [0.15, 0.2) is 243 Å². The Morgan fingerprint density at radius 1 is 0.330 bits per heavy atom. The van der Waals surface area contributed by atoms with Gasteiger partial charge in [0, 0.05) is 64.0 Å². The summed E-state index contributed by atoms with van der Waals surface area (Å²) in [5.41, 5.74) is 24.8. The first-order valence-electron chi connectivity index (χ1n) is 29.8. The molecule has 0 saturated heterocycles. The van der Waals surface area contributed by atoms with Crippen molar-refractivity contribution in [2.75, 3.05) is 0 Å². The second kappa shape index (κ2) is 19.7. The lowest BCUT2D eigenvalue weighted by molar-refractivity contribution is 1.14. The number of nitrogens with zero attached hydrogens (tertiary/aromatic N) is 6. The van der Waals surface area contributed by atoms with Gasteiger partial charge in [-0.1, -0.05) is 205 Å². The molecule has 0 bridgehead atoms. The number of fused-ring (bicyclic) bond motifs is 21. The van der Waals surface area contributed by atoms with Gasteiger partial charge in [0.05, 0.1) is 63.2 Å². The van der Waals surface area contributed by atoms with Crippen LogP contribution >= 0.6 is 23.2 Å². The molecule has 1 N–H and O–H groups in total. The Hall–Kier alpha value is -12.2. The fourth-order valence-corrected chi connectivity index (χ4v) is 15.6. The molecule has 3 aliphatic rings. The molecule has 418 valence electrons. The van der Waals surface area contributed by atoms with Crippen LogP contribution in [0.5, 0.6) is 0 Å². The summed E-state index contributed by atoms with van der Waals surface area (Å²) in [6.07, 6.45) is 0. The third-order valence-electron chi connectivity index (χ3n) is 18.8. The Balaban J connectivity index is 0.000000142. The van der Waals surface area contributed by atoms with Crippen molar-refractivity contribution in [2.45, 2.75) is 0 Å². The highest BCUT2D eigenvalue weighted by atomic mass is 35.5. The summed E-state index contributed by atoms with van der Waals surface area (Å²) in [7, 11) is 0. The maximum Gasteiger partial charge on any atom is 0.212 e. The molecule has 91 heavy (non-hydrogen) atoms. The van der Waals surface area contributed by atoms with E-state index in [9.17, 15) is 5.26 Å². The van der Waals surface area contributed by atoms with Crippen molar-refractivity contribution in [3.8, 4) is 90.3 Å².